The van der Waals surface area contributed by atoms with E-state index in [4.69, 9.17) is 42.6 Å². The Labute approximate surface area is 346 Å². The van der Waals surface area contributed by atoms with Crippen molar-refractivity contribution in [2.24, 2.45) is 0 Å². The Kier molecular flexibility index (Phi) is 17.9. The molecule has 2 amide bonds. The summed E-state index contributed by atoms with van der Waals surface area (Å²) in [4.78, 5) is 24.1. The van der Waals surface area contributed by atoms with E-state index in [1.54, 1.807) is 0 Å². The molecule has 0 unspecified atom stereocenters. The Bertz CT molecular complexity index is 1410. The number of nitrogens with one attached hydrogen (secondary N) is 2. The number of hydrogen-bond acceptors (Lipinski definition) is 25. The second-order valence-electron chi connectivity index (χ2n) is 15.3. The van der Waals surface area contributed by atoms with Gasteiger partial charge in [0.05, 0.1) is 45.7 Å². The van der Waals surface area contributed by atoms with Crippen molar-refractivity contribution >= 4 is 11.8 Å². The molecule has 5 rings (SSSR count). The van der Waals surface area contributed by atoms with Crippen LogP contribution >= 0.6 is 0 Å². The van der Waals surface area contributed by atoms with Crippen LogP contribution in [0.5, 0.6) is 0 Å². The van der Waals surface area contributed by atoms with E-state index in [0.717, 1.165) is 6.92 Å². The van der Waals surface area contributed by atoms with E-state index >= 15 is 0 Å². The van der Waals surface area contributed by atoms with Crippen LogP contribution in [0.2, 0.25) is 0 Å². The summed E-state index contributed by atoms with van der Waals surface area (Å²) in [5.41, 5.74) is 0. The van der Waals surface area contributed by atoms with Crippen LogP contribution in [0.4, 0.5) is 0 Å². The number of ether oxygens (including phenoxy) is 9. The Morgan fingerprint density at radius 2 is 0.885 bits per heavy atom. The van der Waals surface area contributed by atoms with E-state index in [2.05, 4.69) is 10.6 Å². The highest BCUT2D eigenvalue weighted by Gasteiger charge is 2.56. The largest absolute Gasteiger partial charge is 0.394 e. The van der Waals surface area contributed by atoms with Crippen LogP contribution in [0.1, 0.15) is 13.8 Å². The molecular formula is C34H58N2O25. The predicted octanol–water partition coefficient (Wildman–Crippen LogP) is -11.0. The topological polar surface area (TPSA) is 424 Å². The molecule has 0 aromatic rings. The second kappa shape index (κ2) is 21.8. The van der Waals surface area contributed by atoms with Gasteiger partial charge >= 0.3 is 0 Å². The maximum absolute atomic E-state index is 12.4. The van der Waals surface area contributed by atoms with Crippen LogP contribution in [0.3, 0.4) is 0 Å². The SMILES string of the molecule is CC(=O)N[C@H]1[C@H](O[C@H]2[C@H](O)[C@@H](NC(C)=O)CO[C@@H]2CO)O[C@H](CO)[C@@H](O[C@@H]2O[C@H](CO)[C@@H](O)[C@H](O[C@H]3O[C@H](CO)[C@@H](O)[C@H](O)[C@@H]3O[C@H]3O[C@H](CO)[C@@H](O)[C@H](O)[C@@H]3O)[C@@H]2O)[C@@H]1O. The highest BCUT2D eigenvalue weighted by Crippen LogP contribution is 2.35. The van der Waals surface area contributed by atoms with Crippen LogP contribution in [-0.4, -0.2) is 270 Å². The Morgan fingerprint density at radius 1 is 0.443 bits per heavy atom. The van der Waals surface area contributed by atoms with E-state index in [1.807, 2.05) is 0 Å². The minimum atomic E-state index is -2.16. The minimum Gasteiger partial charge on any atom is -0.394 e. The molecule has 0 aromatic carbocycles. The van der Waals surface area contributed by atoms with E-state index in [9.17, 15) is 81.1 Å². The van der Waals surface area contributed by atoms with Crippen LogP contribution < -0.4 is 10.6 Å². The first kappa shape index (κ1) is 50.0. The zero-order valence-corrected chi connectivity index (χ0v) is 32.9. The smallest absolute Gasteiger partial charge is 0.217 e. The fraction of sp³-hybridized carbons (Fsp3) is 0.941. The molecule has 5 heterocycles. The van der Waals surface area contributed by atoms with Crippen molar-refractivity contribution in [2.45, 2.75) is 161 Å². The number of rotatable bonds is 15. The van der Waals surface area contributed by atoms with Gasteiger partial charge in [-0.3, -0.25) is 9.59 Å². The standard InChI is InChI=1S/C34H58N2O25/c1-9(42)35-11-8-53-15(6-40)27(18(11)44)58-31-17(36-10(2)43)22(48)28(16(7-41)57-31)59-33-26(52)29(21(47)14(5-39)55-33)60-34-30(24(50)20(46)13(4-38)56-34)61-32-25(51)23(49)19(45)12(3-37)54-32/h11-34,37-41,44-52H,3-8H2,1-2H3,(H,35,42)(H,36,43)/t11-,12+,13+,14+,15+,16+,17+,18+,19+,20+,21+,22+,23-,24-,25-,26-,27+,28+,29-,30-,31-,32+,33-,34+/m0/s1. The van der Waals surface area contributed by atoms with Gasteiger partial charge in [0.1, 0.15) is 116 Å². The van der Waals surface area contributed by atoms with Crippen LogP contribution in [0.25, 0.3) is 0 Å². The third-order valence-electron chi connectivity index (χ3n) is 11.1. The van der Waals surface area contributed by atoms with Crippen molar-refractivity contribution in [1.29, 1.82) is 0 Å². The zero-order chi connectivity index (χ0) is 45.0. The highest BCUT2D eigenvalue weighted by molar-refractivity contribution is 5.73. The van der Waals surface area contributed by atoms with Crippen molar-refractivity contribution in [2.75, 3.05) is 39.6 Å². The van der Waals surface area contributed by atoms with Crippen molar-refractivity contribution in [3.8, 4) is 0 Å². The van der Waals surface area contributed by atoms with Gasteiger partial charge in [0.15, 0.2) is 25.2 Å². The van der Waals surface area contributed by atoms with Crippen LogP contribution in [-0.2, 0) is 52.2 Å². The quantitative estimate of drug-likeness (QED) is 0.0726. The molecule has 0 saturated carbocycles. The lowest BCUT2D eigenvalue weighted by Crippen LogP contribution is -2.70. The molecule has 27 nitrogen and oxygen atoms in total. The van der Waals surface area contributed by atoms with E-state index in [0.29, 0.717) is 0 Å². The molecule has 0 radical (unpaired) electrons. The molecule has 0 spiro atoms. The summed E-state index contributed by atoms with van der Waals surface area (Å²) in [6.07, 6.45) is -39.7. The molecule has 5 aliphatic rings. The van der Waals surface area contributed by atoms with Crippen molar-refractivity contribution in [3.05, 3.63) is 0 Å². The predicted molar refractivity (Wildman–Crippen MR) is 189 cm³/mol. The summed E-state index contributed by atoms with van der Waals surface area (Å²) in [6, 6.07) is -2.61. The third kappa shape index (κ3) is 10.9. The lowest BCUT2D eigenvalue weighted by atomic mass is 9.94. The molecular weight excluding hydrogens is 836 g/mol. The summed E-state index contributed by atoms with van der Waals surface area (Å²) < 4.78 is 51.4. The maximum Gasteiger partial charge on any atom is 0.217 e. The molecule has 5 aliphatic heterocycles. The molecule has 0 aromatic heterocycles. The normalized spacial score (nSPS) is 48.3. The van der Waals surface area contributed by atoms with Gasteiger partial charge in [-0.05, 0) is 0 Å². The fourth-order valence-electron chi connectivity index (χ4n) is 7.76. The third-order valence-corrected chi connectivity index (χ3v) is 11.1. The van der Waals surface area contributed by atoms with Gasteiger partial charge in [-0.25, -0.2) is 0 Å². The first-order valence-electron chi connectivity index (χ1n) is 19.5. The molecule has 0 bridgehead atoms. The highest BCUT2D eigenvalue weighted by atomic mass is 16.8. The Hall–Kier alpha value is -1.98. The number of hydrogen-bond donors (Lipinski definition) is 16. The van der Waals surface area contributed by atoms with E-state index in [-0.39, 0.29) is 6.61 Å². The van der Waals surface area contributed by atoms with Crippen LogP contribution in [0, 0.1) is 0 Å². The second-order valence-corrected chi connectivity index (χ2v) is 15.3. The average Bonchev–Trinajstić information content (AvgIpc) is 3.22. The first-order chi connectivity index (χ1) is 28.9. The molecule has 16 N–H and O–H groups in total. The molecule has 5 saturated heterocycles. The Balaban J connectivity index is 1.38. The van der Waals surface area contributed by atoms with Crippen molar-refractivity contribution in [1.82, 2.24) is 10.6 Å². The van der Waals surface area contributed by atoms with Gasteiger partial charge in [0.2, 0.25) is 11.8 Å². The summed E-state index contributed by atoms with van der Waals surface area (Å²) in [6.45, 7) is -2.35. The van der Waals surface area contributed by atoms with Gasteiger partial charge in [-0.2, -0.15) is 0 Å². The molecule has 27 heteroatoms. The molecule has 0 aliphatic carbocycles. The van der Waals surface area contributed by atoms with Gasteiger partial charge < -0.3 is 125 Å². The van der Waals surface area contributed by atoms with Gasteiger partial charge in [0, 0.05) is 13.8 Å². The van der Waals surface area contributed by atoms with Crippen molar-refractivity contribution in [3.63, 3.8) is 0 Å². The first-order valence-corrected chi connectivity index (χ1v) is 19.5. The Morgan fingerprint density at radius 3 is 1.44 bits per heavy atom. The molecule has 5 fully saturated rings. The lowest BCUT2D eigenvalue weighted by molar-refractivity contribution is -0.395. The fourth-order valence-corrected chi connectivity index (χ4v) is 7.76. The summed E-state index contributed by atoms with van der Waals surface area (Å²) >= 11 is 0. The van der Waals surface area contributed by atoms with Gasteiger partial charge in [-0.1, -0.05) is 0 Å². The lowest BCUT2D eigenvalue weighted by Gasteiger charge is -2.50. The average molecular weight is 895 g/mol. The molecule has 354 valence electrons. The van der Waals surface area contributed by atoms with Gasteiger partial charge in [0.25, 0.3) is 0 Å². The zero-order valence-electron chi connectivity index (χ0n) is 32.9. The van der Waals surface area contributed by atoms with E-state index in [1.165, 1.54) is 6.92 Å². The number of carbonyl (C=O) groups is 2. The summed E-state index contributed by atoms with van der Waals surface area (Å²) in [7, 11) is 0. The summed E-state index contributed by atoms with van der Waals surface area (Å²) in [5.74, 6) is -1.27. The number of carbonyl (C=O) groups excluding carboxylic acids is 2. The molecule has 61 heavy (non-hydrogen) atoms. The number of amides is 2. The van der Waals surface area contributed by atoms with Gasteiger partial charge in [-0.15, -0.1) is 0 Å². The number of aliphatic hydroxyl groups is 14. The van der Waals surface area contributed by atoms with E-state index < -0.39 is 192 Å². The number of aliphatic hydroxyl groups excluding tert-OH is 14. The van der Waals surface area contributed by atoms with Crippen molar-refractivity contribution < 1.29 is 124 Å². The summed E-state index contributed by atoms with van der Waals surface area (Å²) in [5, 5.41) is 153. The maximum atomic E-state index is 12.4. The monoisotopic (exact) mass is 894 g/mol. The van der Waals surface area contributed by atoms with Crippen LogP contribution in [0.15, 0.2) is 0 Å². The molecule has 24 atom stereocenters. The minimum absolute atomic E-state index is 0.217.